The Morgan fingerprint density at radius 2 is 1.96 bits per heavy atom. The van der Waals surface area contributed by atoms with Crippen molar-refractivity contribution in [2.75, 3.05) is 19.1 Å². The number of rotatable bonds is 5. The van der Waals surface area contributed by atoms with E-state index < -0.39 is 0 Å². The maximum absolute atomic E-state index is 12.5. The number of nitrogens with one attached hydrogen (secondary N) is 1. The van der Waals surface area contributed by atoms with E-state index in [1.807, 2.05) is 55.5 Å². The Hall–Kier alpha value is -2.73. The lowest BCUT2D eigenvalue weighted by Crippen LogP contribution is -2.33. The first-order chi connectivity index (χ1) is 12.1. The van der Waals surface area contributed by atoms with E-state index in [1.54, 1.807) is 13.2 Å². The Kier molecular flexibility index (Phi) is 5.09. The highest BCUT2D eigenvalue weighted by molar-refractivity contribution is 8.18. The van der Waals surface area contributed by atoms with Crippen molar-refractivity contribution in [3.63, 3.8) is 0 Å². The highest BCUT2D eigenvalue weighted by Crippen LogP contribution is 2.32. The highest BCUT2D eigenvalue weighted by Gasteiger charge is 2.34. The lowest BCUT2D eigenvalue weighted by atomic mass is 10.2. The molecule has 0 bridgehead atoms. The van der Waals surface area contributed by atoms with E-state index in [-0.39, 0.29) is 17.8 Å². The molecule has 3 rings (SSSR count). The molecule has 0 radical (unpaired) electrons. The van der Waals surface area contributed by atoms with Crippen LogP contribution >= 0.6 is 11.8 Å². The predicted molar refractivity (Wildman–Crippen MR) is 100 cm³/mol. The molecule has 5 nitrogen and oxygen atoms in total. The molecule has 1 saturated heterocycles. The van der Waals surface area contributed by atoms with E-state index in [2.05, 4.69) is 5.32 Å². The van der Waals surface area contributed by atoms with Crippen molar-refractivity contribution < 1.29 is 14.3 Å². The average molecular weight is 354 g/mol. The maximum Gasteiger partial charge on any atom is 0.295 e. The molecule has 1 fully saturated rings. The summed E-state index contributed by atoms with van der Waals surface area (Å²) in [7, 11) is 1.59. The molecule has 0 spiro atoms. The van der Waals surface area contributed by atoms with Gasteiger partial charge in [0.15, 0.2) is 0 Å². The molecule has 0 saturated carbocycles. The van der Waals surface area contributed by atoms with Gasteiger partial charge in [0.25, 0.3) is 11.1 Å². The van der Waals surface area contributed by atoms with E-state index in [0.717, 1.165) is 28.6 Å². The van der Waals surface area contributed by atoms with Crippen molar-refractivity contribution in [2.45, 2.75) is 6.92 Å². The normalized spacial score (nSPS) is 15.8. The highest BCUT2D eigenvalue weighted by atomic mass is 32.2. The Bertz CT molecular complexity index is 848. The van der Waals surface area contributed by atoms with Crippen LogP contribution < -0.4 is 10.1 Å². The minimum atomic E-state index is -0.293. The van der Waals surface area contributed by atoms with Crippen LogP contribution in [-0.4, -0.2) is 29.8 Å². The summed E-state index contributed by atoms with van der Waals surface area (Å²) in [6.07, 6.45) is 1.71. The summed E-state index contributed by atoms with van der Waals surface area (Å²) >= 11 is 0.947. The van der Waals surface area contributed by atoms with Crippen LogP contribution in [0.15, 0.2) is 53.4 Å². The molecular weight excluding hydrogens is 336 g/mol. The van der Waals surface area contributed by atoms with E-state index >= 15 is 0 Å². The second-order valence-electron chi connectivity index (χ2n) is 5.54. The van der Waals surface area contributed by atoms with E-state index in [1.165, 1.54) is 4.90 Å². The van der Waals surface area contributed by atoms with Gasteiger partial charge in [0.05, 0.1) is 18.7 Å². The number of imide groups is 1. The number of thioether (sulfide) groups is 1. The molecular formula is C19H18N2O3S. The number of carbonyl (C=O) groups excluding carboxylic acids is 2. The summed E-state index contributed by atoms with van der Waals surface area (Å²) in [6, 6.07) is 15.1. The second-order valence-corrected chi connectivity index (χ2v) is 6.53. The maximum atomic E-state index is 12.5. The Morgan fingerprint density at radius 1 is 1.16 bits per heavy atom. The SMILES string of the molecule is COc1cccc(/C=C2/SC(=O)N(CNc3ccccc3C)C2=O)c1. The van der Waals surface area contributed by atoms with Gasteiger partial charge in [-0.1, -0.05) is 30.3 Å². The molecule has 2 amide bonds. The Morgan fingerprint density at radius 3 is 2.72 bits per heavy atom. The van der Waals surface area contributed by atoms with Crippen molar-refractivity contribution >= 4 is 34.7 Å². The molecule has 6 heteroatoms. The van der Waals surface area contributed by atoms with Gasteiger partial charge in [-0.25, -0.2) is 0 Å². The summed E-state index contributed by atoms with van der Waals surface area (Å²) in [5.41, 5.74) is 2.77. The smallest absolute Gasteiger partial charge is 0.295 e. The molecule has 1 aliphatic rings. The number of methoxy groups -OCH3 is 1. The predicted octanol–water partition coefficient (Wildman–Crippen LogP) is 4.11. The molecule has 2 aromatic carbocycles. The van der Waals surface area contributed by atoms with Crippen LogP contribution in [0.3, 0.4) is 0 Å². The van der Waals surface area contributed by atoms with Crippen LogP contribution in [0.1, 0.15) is 11.1 Å². The molecule has 1 aliphatic heterocycles. The molecule has 1 heterocycles. The summed E-state index contributed by atoms with van der Waals surface area (Å²) in [4.78, 5) is 26.3. The number of anilines is 1. The van der Waals surface area contributed by atoms with E-state index in [4.69, 9.17) is 4.74 Å². The zero-order chi connectivity index (χ0) is 17.8. The molecule has 1 N–H and O–H groups in total. The van der Waals surface area contributed by atoms with Crippen molar-refractivity contribution in [3.05, 3.63) is 64.6 Å². The van der Waals surface area contributed by atoms with Crippen LogP contribution in [0.2, 0.25) is 0 Å². The molecule has 128 valence electrons. The third-order valence-corrected chi connectivity index (χ3v) is 4.75. The first-order valence-electron chi connectivity index (χ1n) is 7.77. The average Bonchev–Trinajstić information content (AvgIpc) is 2.88. The van der Waals surface area contributed by atoms with Crippen LogP contribution in [0.25, 0.3) is 6.08 Å². The molecule has 0 aliphatic carbocycles. The van der Waals surface area contributed by atoms with Gasteiger partial charge in [-0.3, -0.25) is 14.5 Å². The summed E-state index contributed by atoms with van der Waals surface area (Å²) in [5.74, 6) is 0.410. The molecule has 0 atom stereocenters. The minimum absolute atomic E-state index is 0.144. The quantitative estimate of drug-likeness (QED) is 0.819. The summed E-state index contributed by atoms with van der Waals surface area (Å²) in [5, 5.41) is 2.86. The number of aryl methyl sites for hydroxylation is 1. The monoisotopic (exact) mass is 354 g/mol. The molecule has 25 heavy (non-hydrogen) atoms. The zero-order valence-electron chi connectivity index (χ0n) is 14.0. The topological polar surface area (TPSA) is 58.6 Å². The third-order valence-electron chi connectivity index (χ3n) is 3.84. The lowest BCUT2D eigenvalue weighted by Gasteiger charge is -2.15. The Labute approximate surface area is 150 Å². The second kappa shape index (κ2) is 7.44. The van der Waals surface area contributed by atoms with Gasteiger partial charge < -0.3 is 10.1 Å². The Balaban J connectivity index is 1.73. The fraction of sp³-hybridized carbons (Fsp3) is 0.158. The molecule has 2 aromatic rings. The fourth-order valence-electron chi connectivity index (χ4n) is 2.45. The first kappa shape index (κ1) is 17.1. The van der Waals surface area contributed by atoms with Gasteiger partial charge in [0.1, 0.15) is 5.75 Å². The van der Waals surface area contributed by atoms with E-state index in [9.17, 15) is 9.59 Å². The molecule has 0 unspecified atom stereocenters. The van der Waals surface area contributed by atoms with Crippen molar-refractivity contribution in [1.29, 1.82) is 0 Å². The lowest BCUT2D eigenvalue weighted by molar-refractivity contribution is -0.122. The van der Waals surface area contributed by atoms with Gasteiger partial charge in [-0.05, 0) is 54.1 Å². The van der Waals surface area contributed by atoms with Crippen LogP contribution in [0.4, 0.5) is 10.5 Å². The fourth-order valence-corrected chi connectivity index (χ4v) is 3.29. The standard InChI is InChI=1S/C19H18N2O3S/c1-13-6-3-4-9-16(13)20-12-21-18(22)17(25-19(21)23)11-14-7-5-8-15(10-14)24-2/h3-11,20H,12H2,1-2H3/b17-11+. The first-order valence-corrected chi connectivity index (χ1v) is 8.59. The molecule has 0 aromatic heterocycles. The van der Waals surface area contributed by atoms with E-state index in [0.29, 0.717) is 10.7 Å². The number of ether oxygens (including phenoxy) is 1. The minimum Gasteiger partial charge on any atom is -0.497 e. The van der Waals surface area contributed by atoms with Gasteiger partial charge in [0, 0.05) is 5.69 Å². The number of para-hydroxylation sites is 1. The van der Waals surface area contributed by atoms with Crippen molar-refractivity contribution in [1.82, 2.24) is 4.90 Å². The number of hydrogen-bond donors (Lipinski definition) is 1. The summed E-state index contributed by atoms with van der Waals surface area (Å²) < 4.78 is 5.18. The van der Waals surface area contributed by atoms with Crippen LogP contribution in [0, 0.1) is 6.92 Å². The zero-order valence-corrected chi connectivity index (χ0v) is 14.8. The van der Waals surface area contributed by atoms with Crippen LogP contribution in [0.5, 0.6) is 5.75 Å². The van der Waals surface area contributed by atoms with Gasteiger partial charge in [-0.2, -0.15) is 0 Å². The van der Waals surface area contributed by atoms with Crippen LogP contribution in [-0.2, 0) is 4.79 Å². The number of benzene rings is 2. The number of amides is 2. The number of hydrogen-bond acceptors (Lipinski definition) is 5. The third kappa shape index (κ3) is 3.85. The largest absolute Gasteiger partial charge is 0.497 e. The number of carbonyl (C=O) groups is 2. The van der Waals surface area contributed by atoms with Gasteiger partial charge >= 0.3 is 0 Å². The van der Waals surface area contributed by atoms with Crippen molar-refractivity contribution in [3.8, 4) is 5.75 Å². The van der Waals surface area contributed by atoms with Gasteiger partial charge in [-0.15, -0.1) is 0 Å². The van der Waals surface area contributed by atoms with Gasteiger partial charge in [0.2, 0.25) is 0 Å². The summed E-state index contributed by atoms with van der Waals surface area (Å²) in [6.45, 7) is 2.11. The van der Waals surface area contributed by atoms with Crippen molar-refractivity contribution in [2.24, 2.45) is 0 Å². The number of nitrogens with zero attached hydrogens (tertiary/aromatic N) is 1.